The van der Waals surface area contributed by atoms with Gasteiger partial charge in [0.1, 0.15) is 0 Å². The number of benzene rings is 1. The Hall–Kier alpha value is -0.570. The van der Waals surface area contributed by atoms with Crippen LogP contribution in [0.4, 0.5) is 0 Å². The van der Waals surface area contributed by atoms with Gasteiger partial charge in [-0.05, 0) is 37.0 Å². The minimum atomic E-state index is -0.455. The first-order chi connectivity index (χ1) is 8.70. The van der Waals surface area contributed by atoms with Crippen LogP contribution in [-0.2, 0) is 0 Å². The number of hydrogen-bond donors (Lipinski definition) is 2. The standard InChI is InChI=1S/C15H22ClNO/c1-2-5-13-8-4-9-14(17-13)15(18)11-6-3-7-12(16)10-11/h3,6-7,10,13-15,17-18H,2,4-5,8-9H2,1H3/t13-,14?,15?/m0/s1. The highest BCUT2D eigenvalue weighted by molar-refractivity contribution is 6.30. The van der Waals surface area contributed by atoms with Crippen molar-refractivity contribution >= 4 is 11.6 Å². The van der Waals surface area contributed by atoms with Crippen LogP contribution in [0.5, 0.6) is 0 Å². The van der Waals surface area contributed by atoms with Crippen LogP contribution >= 0.6 is 11.6 Å². The monoisotopic (exact) mass is 267 g/mol. The Kier molecular flexibility index (Phi) is 5.04. The van der Waals surface area contributed by atoms with Gasteiger partial charge in [0.2, 0.25) is 0 Å². The van der Waals surface area contributed by atoms with Crippen molar-refractivity contribution in [3.63, 3.8) is 0 Å². The Morgan fingerprint density at radius 3 is 3.00 bits per heavy atom. The Labute approximate surface area is 114 Å². The lowest BCUT2D eigenvalue weighted by atomic mass is 9.90. The number of nitrogens with one attached hydrogen (secondary N) is 1. The average molecular weight is 268 g/mol. The van der Waals surface area contributed by atoms with E-state index in [1.54, 1.807) is 0 Å². The topological polar surface area (TPSA) is 32.3 Å². The molecule has 1 heterocycles. The van der Waals surface area contributed by atoms with Crippen molar-refractivity contribution in [3.8, 4) is 0 Å². The van der Waals surface area contributed by atoms with Gasteiger partial charge < -0.3 is 10.4 Å². The molecule has 3 atom stereocenters. The lowest BCUT2D eigenvalue weighted by molar-refractivity contribution is 0.0998. The third-order valence-electron chi connectivity index (χ3n) is 3.73. The molecule has 0 radical (unpaired) electrons. The zero-order chi connectivity index (χ0) is 13.0. The molecule has 0 aliphatic carbocycles. The van der Waals surface area contributed by atoms with Crippen molar-refractivity contribution < 1.29 is 5.11 Å². The molecule has 0 spiro atoms. The maximum absolute atomic E-state index is 10.4. The molecule has 0 amide bonds. The number of aliphatic hydroxyl groups is 1. The average Bonchev–Trinajstić information content (AvgIpc) is 2.39. The van der Waals surface area contributed by atoms with Crippen molar-refractivity contribution in [1.29, 1.82) is 0 Å². The summed E-state index contributed by atoms with van der Waals surface area (Å²) in [6.07, 6.45) is 5.39. The third-order valence-corrected chi connectivity index (χ3v) is 3.96. The van der Waals surface area contributed by atoms with Crippen LogP contribution in [0, 0.1) is 0 Å². The third kappa shape index (κ3) is 3.47. The molecule has 1 aliphatic heterocycles. The van der Waals surface area contributed by atoms with E-state index >= 15 is 0 Å². The molecule has 1 aromatic carbocycles. The van der Waals surface area contributed by atoms with E-state index in [2.05, 4.69) is 12.2 Å². The predicted octanol–water partition coefficient (Wildman–Crippen LogP) is 3.68. The Morgan fingerprint density at radius 2 is 2.28 bits per heavy atom. The van der Waals surface area contributed by atoms with Gasteiger partial charge in [-0.25, -0.2) is 0 Å². The Morgan fingerprint density at radius 1 is 1.44 bits per heavy atom. The van der Waals surface area contributed by atoms with Crippen molar-refractivity contribution in [1.82, 2.24) is 5.32 Å². The highest BCUT2D eigenvalue weighted by Crippen LogP contribution is 2.27. The quantitative estimate of drug-likeness (QED) is 0.872. The lowest BCUT2D eigenvalue weighted by Gasteiger charge is -2.34. The molecule has 2 nitrogen and oxygen atoms in total. The van der Waals surface area contributed by atoms with Crippen LogP contribution in [0.1, 0.15) is 50.7 Å². The largest absolute Gasteiger partial charge is 0.387 e. The molecule has 2 rings (SSSR count). The van der Waals surface area contributed by atoms with E-state index in [-0.39, 0.29) is 6.04 Å². The van der Waals surface area contributed by atoms with E-state index in [0.717, 1.165) is 12.0 Å². The van der Waals surface area contributed by atoms with Gasteiger partial charge in [0.25, 0.3) is 0 Å². The molecule has 0 saturated carbocycles. The predicted molar refractivity (Wildman–Crippen MR) is 75.9 cm³/mol. The zero-order valence-electron chi connectivity index (χ0n) is 10.9. The molecule has 0 aromatic heterocycles. The number of halogens is 1. The summed E-state index contributed by atoms with van der Waals surface area (Å²) in [5.41, 5.74) is 0.914. The van der Waals surface area contributed by atoms with E-state index in [1.807, 2.05) is 24.3 Å². The highest BCUT2D eigenvalue weighted by atomic mass is 35.5. The van der Waals surface area contributed by atoms with E-state index < -0.39 is 6.10 Å². The van der Waals surface area contributed by atoms with Crippen LogP contribution < -0.4 is 5.32 Å². The van der Waals surface area contributed by atoms with Crippen LogP contribution in [0.15, 0.2) is 24.3 Å². The van der Waals surface area contributed by atoms with Crippen LogP contribution in [0.3, 0.4) is 0 Å². The smallest absolute Gasteiger partial charge is 0.0943 e. The summed E-state index contributed by atoms with van der Waals surface area (Å²) >= 11 is 5.97. The Bertz CT molecular complexity index is 381. The highest BCUT2D eigenvalue weighted by Gasteiger charge is 2.26. The lowest BCUT2D eigenvalue weighted by Crippen LogP contribution is -2.45. The number of rotatable bonds is 4. The molecule has 2 unspecified atom stereocenters. The first-order valence-electron chi connectivity index (χ1n) is 6.90. The second kappa shape index (κ2) is 6.55. The summed E-state index contributed by atoms with van der Waals surface area (Å²) in [5, 5.41) is 14.7. The minimum absolute atomic E-state index is 0.161. The fourth-order valence-electron chi connectivity index (χ4n) is 2.80. The van der Waals surface area contributed by atoms with Gasteiger partial charge in [-0.3, -0.25) is 0 Å². The van der Waals surface area contributed by atoms with Gasteiger partial charge in [-0.15, -0.1) is 0 Å². The molecule has 100 valence electrons. The summed E-state index contributed by atoms with van der Waals surface area (Å²) in [6.45, 7) is 2.21. The molecule has 18 heavy (non-hydrogen) atoms. The molecule has 3 heteroatoms. The number of hydrogen-bond acceptors (Lipinski definition) is 2. The number of aliphatic hydroxyl groups excluding tert-OH is 1. The van der Waals surface area contributed by atoms with Crippen molar-refractivity contribution in [2.75, 3.05) is 0 Å². The van der Waals surface area contributed by atoms with Gasteiger partial charge in [-0.2, -0.15) is 0 Å². The normalized spacial score (nSPS) is 25.9. The molecular formula is C15H22ClNO. The molecule has 1 fully saturated rings. The van der Waals surface area contributed by atoms with E-state index in [0.29, 0.717) is 11.1 Å². The second-order valence-electron chi connectivity index (χ2n) is 5.19. The van der Waals surface area contributed by atoms with Crippen molar-refractivity contribution in [3.05, 3.63) is 34.9 Å². The summed E-state index contributed by atoms with van der Waals surface area (Å²) in [7, 11) is 0. The second-order valence-corrected chi connectivity index (χ2v) is 5.63. The van der Waals surface area contributed by atoms with Crippen molar-refractivity contribution in [2.24, 2.45) is 0 Å². The minimum Gasteiger partial charge on any atom is -0.387 e. The van der Waals surface area contributed by atoms with Crippen LogP contribution in [0.25, 0.3) is 0 Å². The molecule has 0 bridgehead atoms. The fourth-order valence-corrected chi connectivity index (χ4v) is 3.00. The van der Waals surface area contributed by atoms with E-state index in [9.17, 15) is 5.11 Å². The van der Waals surface area contributed by atoms with E-state index in [1.165, 1.54) is 25.7 Å². The van der Waals surface area contributed by atoms with Crippen molar-refractivity contribution in [2.45, 2.75) is 57.2 Å². The van der Waals surface area contributed by atoms with Crippen LogP contribution in [0.2, 0.25) is 5.02 Å². The molecule has 1 aliphatic rings. The maximum atomic E-state index is 10.4. The first-order valence-corrected chi connectivity index (χ1v) is 7.28. The molecule has 2 N–H and O–H groups in total. The summed E-state index contributed by atoms with van der Waals surface area (Å²) in [5.74, 6) is 0. The van der Waals surface area contributed by atoms with Gasteiger partial charge in [0.15, 0.2) is 0 Å². The molecular weight excluding hydrogens is 246 g/mol. The van der Waals surface area contributed by atoms with Crippen LogP contribution in [-0.4, -0.2) is 17.2 Å². The van der Waals surface area contributed by atoms with Gasteiger partial charge in [-0.1, -0.05) is 43.5 Å². The first kappa shape index (κ1) is 13.9. The Balaban J connectivity index is 2.02. The fraction of sp³-hybridized carbons (Fsp3) is 0.600. The summed E-state index contributed by atoms with van der Waals surface area (Å²) < 4.78 is 0. The summed E-state index contributed by atoms with van der Waals surface area (Å²) in [6, 6.07) is 8.26. The van der Waals surface area contributed by atoms with Gasteiger partial charge in [0.05, 0.1) is 6.10 Å². The number of piperidine rings is 1. The van der Waals surface area contributed by atoms with E-state index in [4.69, 9.17) is 11.6 Å². The maximum Gasteiger partial charge on any atom is 0.0943 e. The molecule has 1 aromatic rings. The van der Waals surface area contributed by atoms with Gasteiger partial charge in [0, 0.05) is 17.1 Å². The molecule has 1 saturated heterocycles. The van der Waals surface area contributed by atoms with Gasteiger partial charge >= 0.3 is 0 Å². The zero-order valence-corrected chi connectivity index (χ0v) is 11.7. The summed E-state index contributed by atoms with van der Waals surface area (Å²) in [4.78, 5) is 0. The SMILES string of the molecule is CCC[C@H]1CCCC(C(O)c2cccc(Cl)c2)N1.